The topological polar surface area (TPSA) is 12.0 Å². The molecule has 1 aliphatic carbocycles. The fourth-order valence-electron chi connectivity index (χ4n) is 2.75. The minimum atomic E-state index is -0.203. The van der Waals surface area contributed by atoms with E-state index < -0.39 is 0 Å². The van der Waals surface area contributed by atoms with Crippen molar-refractivity contribution in [1.29, 1.82) is 0 Å². The quantitative estimate of drug-likeness (QED) is 0.859. The molecule has 0 atom stereocenters. The predicted molar refractivity (Wildman–Crippen MR) is 76.9 cm³/mol. The van der Waals surface area contributed by atoms with Gasteiger partial charge in [-0.1, -0.05) is 12.1 Å². The second-order valence-corrected chi connectivity index (χ2v) is 5.52. The summed E-state index contributed by atoms with van der Waals surface area (Å²) >= 11 is 0. The van der Waals surface area contributed by atoms with E-state index >= 15 is 0 Å². The molecule has 2 aromatic rings. The number of hydrogen-bond acceptors (Lipinski definition) is 1. The summed E-state index contributed by atoms with van der Waals surface area (Å²) < 4.78 is 25.9. The van der Waals surface area contributed by atoms with Crippen molar-refractivity contribution in [2.45, 2.75) is 31.7 Å². The highest BCUT2D eigenvalue weighted by atomic mass is 19.1. The van der Waals surface area contributed by atoms with E-state index in [9.17, 15) is 8.78 Å². The Labute approximate surface area is 117 Å². The highest BCUT2D eigenvalue weighted by Gasteiger charge is 2.30. The zero-order valence-electron chi connectivity index (χ0n) is 11.4. The van der Waals surface area contributed by atoms with Crippen molar-refractivity contribution in [2.75, 3.05) is 5.32 Å². The summed E-state index contributed by atoms with van der Waals surface area (Å²) in [6.45, 7) is 1.90. The molecule has 0 heterocycles. The number of anilines is 1. The second-order valence-electron chi connectivity index (χ2n) is 5.52. The Bertz CT molecular complexity index is 601. The Kier molecular flexibility index (Phi) is 3.43. The molecule has 0 radical (unpaired) electrons. The first-order valence-corrected chi connectivity index (χ1v) is 6.90. The van der Waals surface area contributed by atoms with Crippen molar-refractivity contribution in [2.24, 2.45) is 0 Å². The molecule has 104 valence electrons. The predicted octanol–water partition coefficient (Wildman–Crippen LogP) is 4.63. The van der Waals surface area contributed by atoms with Crippen molar-refractivity contribution in [3.8, 4) is 0 Å². The lowest BCUT2D eigenvalue weighted by molar-refractivity contribution is 0.373. The normalized spacial score (nSPS) is 21.4. The lowest BCUT2D eigenvalue weighted by atomic mass is 9.76. The van der Waals surface area contributed by atoms with Crippen LogP contribution in [-0.2, 0) is 0 Å². The van der Waals surface area contributed by atoms with Crippen molar-refractivity contribution >= 4 is 5.69 Å². The summed E-state index contributed by atoms with van der Waals surface area (Å²) in [6, 6.07) is 12.0. The maximum absolute atomic E-state index is 13.0. The highest BCUT2D eigenvalue weighted by molar-refractivity contribution is 5.52. The number of benzene rings is 2. The van der Waals surface area contributed by atoms with Gasteiger partial charge in [-0.15, -0.1) is 0 Å². The molecule has 1 nitrogen and oxygen atoms in total. The van der Waals surface area contributed by atoms with Gasteiger partial charge in [0.25, 0.3) is 0 Å². The summed E-state index contributed by atoms with van der Waals surface area (Å²) in [5, 5.41) is 3.44. The number of nitrogens with one attached hydrogen (secondary N) is 1. The molecule has 0 unspecified atom stereocenters. The van der Waals surface area contributed by atoms with Gasteiger partial charge in [0, 0.05) is 11.7 Å². The molecular weight excluding hydrogens is 256 g/mol. The van der Waals surface area contributed by atoms with Gasteiger partial charge in [0.1, 0.15) is 11.6 Å². The van der Waals surface area contributed by atoms with Crippen LogP contribution in [-0.4, -0.2) is 6.04 Å². The summed E-state index contributed by atoms with van der Waals surface area (Å²) in [5.74, 6) is 0.101. The van der Waals surface area contributed by atoms with Crippen LogP contribution < -0.4 is 5.32 Å². The van der Waals surface area contributed by atoms with E-state index in [0.29, 0.717) is 12.0 Å². The highest BCUT2D eigenvalue weighted by Crippen LogP contribution is 2.38. The van der Waals surface area contributed by atoms with Gasteiger partial charge in [0.05, 0.1) is 0 Å². The zero-order valence-corrected chi connectivity index (χ0v) is 11.4. The minimum absolute atomic E-state index is 0.190. The van der Waals surface area contributed by atoms with Gasteiger partial charge in [-0.3, -0.25) is 0 Å². The Morgan fingerprint density at radius 3 is 2.25 bits per heavy atom. The maximum atomic E-state index is 13.0. The lowest BCUT2D eigenvalue weighted by Crippen LogP contribution is -2.34. The summed E-state index contributed by atoms with van der Waals surface area (Å²) in [4.78, 5) is 0. The van der Waals surface area contributed by atoms with E-state index in [1.54, 1.807) is 12.1 Å². The Balaban J connectivity index is 1.59. The summed E-state index contributed by atoms with van der Waals surface area (Å²) in [7, 11) is 0. The molecule has 1 fully saturated rings. The molecule has 0 amide bonds. The first-order valence-electron chi connectivity index (χ1n) is 6.90. The fraction of sp³-hybridized carbons (Fsp3) is 0.294. The molecule has 0 spiro atoms. The van der Waals surface area contributed by atoms with E-state index in [4.69, 9.17) is 0 Å². The minimum Gasteiger partial charge on any atom is -0.382 e. The molecule has 3 heteroatoms. The van der Waals surface area contributed by atoms with E-state index in [-0.39, 0.29) is 11.6 Å². The van der Waals surface area contributed by atoms with E-state index in [2.05, 4.69) is 5.32 Å². The molecule has 1 aliphatic rings. The van der Waals surface area contributed by atoms with Crippen LogP contribution in [0.5, 0.6) is 0 Å². The number of rotatable bonds is 3. The van der Waals surface area contributed by atoms with Crippen LogP contribution >= 0.6 is 0 Å². The first-order chi connectivity index (χ1) is 9.61. The fourth-order valence-corrected chi connectivity index (χ4v) is 2.75. The van der Waals surface area contributed by atoms with Crippen molar-refractivity contribution in [3.63, 3.8) is 0 Å². The number of halogens is 2. The second kappa shape index (κ2) is 5.23. The van der Waals surface area contributed by atoms with E-state index in [1.807, 2.05) is 19.1 Å². The Hall–Kier alpha value is -1.90. The lowest BCUT2D eigenvalue weighted by Gasteiger charge is -2.37. The van der Waals surface area contributed by atoms with Gasteiger partial charge in [-0.2, -0.15) is 0 Å². The average molecular weight is 273 g/mol. The number of aryl methyl sites for hydroxylation is 1. The van der Waals surface area contributed by atoms with Crippen LogP contribution in [0, 0.1) is 18.6 Å². The molecule has 0 aromatic heterocycles. The molecule has 20 heavy (non-hydrogen) atoms. The van der Waals surface area contributed by atoms with Gasteiger partial charge >= 0.3 is 0 Å². The zero-order chi connectivity index (χ0) is 14.1. The van der Waals surface area contributed by atoms with Crippen molar-refractivity contribution in [3.05, 3.63) is 65.2 Å². The number of hydrogen-bond donors (Lipinski definition) is 1. The average Bonchev–Trinajstić information content (AvgIpc) is 2.37. The van der Waals surface area contributed by atoms with Gasteiger partial charge < -0.3 is 5.32 Å². The molecule has 0 aliphatic heterocycles. The smallest absolute Gasteiger partial charge is 0.123 e. The Morgan fingerprint density at radius 2 is 1.60 bits per heavy atom. The molecule has 1 N–H and O–H groups in total. The van der Waals surface area contributed by atoms with Gasteiger partial charge in [0.15, 0.2) is 0 Å². The largest absolute Gasteiger partial charge is 0.382 e. The van der Waals surface area contributed by atoms with Crippen LogP contribution in [0.4, 0.5) is 14.5 Å². The maximum Gasteiger partial charge on any atom is 0.123 e. The summed E-state index contributed by atoms with van der Waals surface area (Å²) in [6.07, 6.45) is 2.06. The van der Waals surface area contributed by atoms with Crippen LogP contribution in [0.3, 0.4) is 0 Å². The van der Waals surface area contributed by atoms with Gasteiger partial charge in [-0.05, 0) is 67.1 Å². The van der Waals surface area contributed by atoms with E-state index in [1.165, 1.54) is 23.8 Å². The molecule has 0 saturated heterocycles. The van der Waals surface area contributed by atoms with Gasteiger partial charge in [-0.25, -0.2) is 8.78 Å². The van der Waals surface area contributed by atoms with Crippen LogP contribution in [0.15, 0.2) is 42.5 Å². The monoisotopic (exact) mass is 273 g/mol. The molecule has 0 bridgehead atoms. The van der Waals surface area contributed by atoms with Crippen LogP contribution in [0.2, 0.25) is 0 Å². The van der Waals surface area contributed by atoms with Crippen molar-refractivity contribution < 1.29 is 8.78 Å². The standard InChI is InChI=1S/C17H17F2N/c1-11-8-15(19)6-7-17(11)20-16-9-13(10-16)12-2-4-14(18)5-3-12/h2-8,13,16,20H,9-10H2,1H3. The molecule has 2 aromatic carbocycles. The van der Waals surface area contributed by atoms with Crippen LogP contribution in [0.25, 0.3) is 0 Å². The van der Waals surface area contributed by atoms with E-state index in [0.717, 1.165) is 24.1 Å². The Morgan fingerprint density at radius 1 is 0.950 bits per heavy atom. The summed E-state index contributed by atoms with van der Waals surface area (Å²) in [5.41, 5.74) is 3.12. The molecule has 3 rings (SSSR count). The van der Waals surface area contributed by atoms with Gasteiger partial charge in [0.2, 0.25) is 0 Å². The third kappa shape index (κ3) is 2.67. The van der Waals surface area contributed by atoms with Crippen LogP contribution in [0.1, 0.15) is 29.9 Å². The SMILES string of the molecule is Cc1cc(F)ccc1NC1CC(c2ccc(F)cc2)C1. The first kappa shape index (κ1) is 13.1. The third-order valence-corrected chi connectivity index (χ3v) is 4.03. The molecular formula is C17H17F2N. The third-order valence-electron chi connectivity index (χ3n) is 4.03. The molecule has 1 saturated carbocycles. The van der Waals surface area contributed by atoms with Crippen molar-refractivity contribution in [1.82, 2.24) is 0 Å².